The van der Waals surface area contributed by atoms with Crippen molar-refractivity contribution in [1.82, 2.24) is 9.78 Å². The zero-order chi connectivity index (χ0) is 20.4. The second-order valence-electron chi connectivity index (χ2n) is 6.74. The summed E-state index contributed by atoms with van der Waals surface area (Å²) in [5, 5.41) is 4.29. The molecule has 0 spiro atoms. The summed E-state index contributed by atoms with van der Waals surface area (Å²) in [6.07, 6.45) is 1.45. The quantitative estimate of drug-likeness (QED) is 0.625. The molecule has 0 N–H and O–H groups in total. The number of methoxy groups -OCH3 is 1. The SMILES string of the molecule is COc1cn(-c2ccccc2)nc1C(=O)OC(C)C(=O)N1CCc2ccccc21. The van der Waals surface area contributed by atoms with E-state index in [1.54, 1.807) is 22.7 Å². The van der Waals surface area contributed by atoms with Crippen LogP contribution < -0.4 is 9.64 Å². The van der Waals surface area contributed by atoms with Crippen molar-refractivity contribution in [2.75, 3.05) is 18.6 Å². The summed E-state index contributed by atoms with van der Waals surface area (Å²) in [6, 6.07) is 17.1. The third-order valence-electron chi connectivity index (χ3n) is 4.90. The van der Waals surface area contributed by atoms with Crippen molar-refractivity contribution >= 4 is 17.6 Å². The smallest absolute Gasteiger partial charge is 0.363 e. The van der Waals surface area contributed by atoms with Crippen molar-refractivity contribution < 1.29 is 19.1 Å². The second-order valence-corrected chi connectivity index (χ2v) is 6.74. The van der Waals surface area contributed by atoms with Gasteiger partial charge in [0.1, 0.15) is 0 Å². The maximum atomic E-state index is 12.8. The molecule has 29 heavy (non-hydrogen) atoms. The minimum Gasteiger partial charge on any atom is -0.493 e. The number of aromatic nitrogens is 2. The van der Waals surface area contributed by atoms with Gasteiger partial charge in [0.05, 0.1) is 19.0 Å². The predicted octanol–water partition coefficient (Wildman–Crippen LogP) is 3.02. The van der Waals surface area contributed by atoms with Crippen molar-refractivity contribution in [3.05, 3.63) is 72.1 Å². The number of para-hydroxylation sites is 2. The van der Waals surface area contributed by atoms with Crippen LogP contribution in [-0.2, 0) is 16.0 Å². The zero-order valence-corrected chi connectivity index (χ0v) is 16.2. The molecule has 1 aliphatic heterocycles. The fourth-order valence-corrected chi connectivity index (χ4v) is 3.42. The Hall–Kier alpha value is -3.61. The van der Waals surface area contributed by atoms with Crippen LogP contribution in [0.1, 0.15) is 23.0 Å². The van der Waals surface area contributed by atoms with Gasteiger partial charge in [-0.1, -0.05) is 36.4 Å². The van der Waals surface area contributed by atoms with Gasteiger partial charge in [-0.2, -0.15) is 5.10 Å². The van der Waals surface area contributed by atoms with Gasteiger partial charge in [0.2, 0.25) is 5.69 Å². The van der Waals surface area contributed by atoms with E-state index in [-0.39, 0.29) is 17.4 Å². The number of amides is 1. The standard InChI is InChI=1S/C22H21N3O4/c1-15(21(26)24-13-12-16-8-6-7-11-18(16)24)29-22(27)20-19(28-2)14-25(23-20)17-9-4-3-5-10-17/h3-11,14-15H,12-13H2,1-2H3. The van der Waals surface area contributed by atoms with Gasteiger partial charge in [0.25, 0.3) is 5.91 Å². The van der Waals surface area contributed by atoms with Gasteiger partial charge in [-0.25, -0.2) is 9.48 Å². The molecule has 4 rings (SSSR count). The molecule has 1 atom stereocenters. The lowest BCUT2D eigenvalue weighted by Gasteiger charge is -2.21. The predicted molar refractivity (Wildman–Crippen MR) is 107 cm³/mol. The number of hydrogen-bond acceptors (Lipinski definition) is 5. The molecular formula is C22H21N3O4. The second kappa shape index (κ2) is 7.79. The minimum atomic E-state index is -0.944. The van der Waals surface area contributed by atoms with Gasteiger partial charge < -0.3 is 14.4 Å². The number of anilines is 1. The van der Waals surface area contributed by atoms with Crippen LogP contribution in [0.2, 0.25) is 0 Å². The van der Waals surface area contributed by atoms with Gasteiger partial charge in [0.15, 0.2) is 11.9 Å². The Morgan fingerprint density at radius 2 is 1.79 bits per heavy atom. The third kappa shape index (κ3) is 3.59. The number of hydrogen-bond donors (Lipinski definition) is 0. The minimum absolute atomic E-state index is 0.0258. The highest BCUT2D eigenvalue weighted by Gasteiger charge is 2.31. The molecule has 2 heterocycles. The third-order valence-corrected chi connectivity index (χ3v) is 4.90. The average molecular weight is 391 g/mol. The first-order valence-electron chi connectivity index (χ1n) is 9.38. The molecule has 1 unspecified atom stereocenters. The summed E-state index contributed by atoms with van der Waals surface area (Å²) in [4.78, 5) is 27.2. The fourth-order valence-electron chi connectivity index (χ4n) is 3.42. The average Bonchev–Trinajstić information content (AvgIpc) is 3.38. The number of carbonyl (C=O) groups excluding carboxylic acids is 2. The van der Waals surface area contributed by atoms with Crippen LogP contribution in [0.5, 0.6) is 5.75 Å². The lowest BCUT2D eigenvalue weighted by atomic mass is 10.2. The highest BCUT2D eigenvalue weighted by atomic mass is 16.6. The summed E-state index contributed by atoms with van der Waals surface area (Å²) >= 11 is 0. The molecule has 0 radical (unpaired) electrons. The van der Waals surface area contributed by atoms with Crippen LogP contribution in [0, 0.1) is 0 Å². The lowest BCUT2D eigenvalue weighted by Crippen LogP contribution is -2.39. The maximum Gasteiger partial charge on any atom is 0.363 e. The molecule has 1 amide bonds. The van der Waals surface area contributed by atoms with Crippen LogP contribution in [0.15, 0.2) is 60.8 Å². The number of nitrogens with zero attached hydrogens (tertiary/aromatic N) is 3. The van der Waals surface area contributed by atoms with E-state index in [0.717, 1.165) is 23.4 Å². The molecule has 0 saturated carbocycles. The maximum absolute atomic E-state index is 12.8. The van der Waals surface area contributed by atoms with Crippen LogP contribution in [-0.4, -0.2) is 41.4 Å². The molecular weight excluding hydrogens is 370 g/mol. The van der Waals surface area contributed by atoms with Crippen LogP contribution in [0.25, 0.3) is 5.69 Å². The summed E-state index contributed by atoms with van der Waals surface area (Å²) < 4.78 is 12.2. The molecule has 0 aliphatic carbocycles. The van der Waals surface area contributed by atoms with E-state index >= 15 is 0 Å². The van der Waals surface area contributed by atoms with E-state index in [0.29, 0.717) is 6.54 Å². The molecule has 3 aromatic rings. The first-order chi connectivity index (χ1) is 14.1. The van der Waals surface area contributed by atoms with E-state index in [4.69, 9.17) is 9.47 Å². The zero-order valence-electron chi connectivity index (χ0n) is 16.2. The molecule has 148 valence electrons. The van der Waals surface area contributed by atoms with Crippen molar-refractivity contribution in [2.45, 2.75) is 19.4 Å². The van der Waals surface area contributed by atoms with Crippen molar-refractivity contribution in [3.63, 3.8) is 0 Å². The number of esters is 1. The van der Waals surface area contributed by atoms with Gasteiger partial charge in [-0.3, -0.25) is 4.79 Å². The topological polar surface area (TPSA) is 73.7 Å². The first-order valence-corrected chi connectivity index (χ1v) is 9.38. The summed E-state index contributed by atoms with van der Waals surface area (Å²) in [6.45, 7) is 2.15. The Bertz CT molecular complexity index is 1050. The van der Waals surface area contributed by atoms with Crippen molar-refractivity contribution in [1.29, 1.82) is 0 Å². The molecule has 2 aromatic carbocycles. The van der Waals surface area contributed by atoms with Crippen molar-refractivity contribution in [2.24, 2.45) is 0 Å². The first kappa shape index (κ1) is 18.7. The van der Waals surface area contributed by atoms with Gasteiger partial charge in [0, 0.05) is 12.2 Å². The number of rotatable bonds is 5. The Labute approximate surface area is 168 Å². The van der Waals surface area contributed by atoms with Gasteiger partial charge >= 0.3 is 5.97 Å². The normalized spacial score (nSPS) is 13.7. The highest BCUT2D eigenvalue weighted by molar-refractivity contribution is 6.00. The van der Waals surface area contributed by atoms with Crippen molar-refractivity contribution in [3.8, 4) is 11.4 Å². The van der Waals surface area contributed by atoms with E-state index in [2.05, 4.69) is 5.10 Å². The van der Waals surface area contributed by atoms with E-state index in [9.17, 15) is 9.59 Å². The van der Waals surface area contributed by atoms with Crippen LogP contribution in [0.4, 0.5) is 5.69 Å². The Kier molecular flexibility index (Phi) is 5.03. The Balaban J connectivity index is 1.51. The summed E-state index contributed by atoms with van der Waals surface area (Å²) in [5.74, 6) is -0.681. The molecule has 1 aliphatic rings. The molecule has 7 heteroatoms. The lowest BCUT2D eigenvalue weighted by molar-refractivity contribution is -0.126. The molecule has 0 fully saturated rings. The molecule has 0 bridgehead atoms. The van der Waals surface area contributed by atoms with E-state index in [1.165, 1.54) is 7.11 Å². The van der Waals surface area contributed by atoms with Crippen LogP contribution >= 0.6 is 0 Å². The number of ether oxygens (including phenoxy) is 2. The summed E-state index contributed by atoms with van der Waals surface area (Å²) in [5.41, 5.74) is 2.79. The molecule has 1 aromatic heterocycles. The van der Waals surface area contributed by atoms with Gasteiger partial charge in [-0.15, -0.1) is 0 Å². The van der Waals surface area contributed by atoms with E-state index < -0.39 is 12.1 Å². The Morgan fingerprint density at radius 1 is 1.07 bits per heavy atom. The Morgan fingerprint density at radius 3 is 2.55 bits per heavy atom. The monoisotopic (exact) mass is 391 g/mol. The highest BCUT2D eigenvalue weighted by Crippen LogP contribution is 2.28. The molecule has 0 saturated heterocycles. The number of fused-ring (bicyclic) bond motifs is 1. The number of benzene rings is 2. The van der Waals surface area contributed by atoms with Gasteiger partial charge in [-0.05, 0) is 37.1 Å². The summed E-state index contributed by atoms with van der Waals surface area (Å²) in [7, 11) is 1.46. The van der Waals surface area contributed by atoms with E-state index in [1.807, 2.05) is 54.6 Å². The molecule has 7 nitrogen and oxygen atoms in total. The largest absolute Gasteiger partial charge is 0.493 e. The fraction of sp³-hybridized carbons (Fsp3) is 0.227. The van der Waals surface area contributed by atoms with Crippen LogP contribution in [0.3, 0.4) is 0 Å². The number of carbonyl (C=O) groups is 2.